The van der Waals surface area contributed by atoms with E-state index < -0.39 is 0 Å². The lowest BCUT2D eigenvalue weighted by molar-refractivity contribution is 0.615. The van der Waals surface area contributed by atoms with Gasteiger partial charge in [-0.15, -0.1) is 0 Å². The molecule has 0 unspecified atom stereocenters. The van der Waals surface area contributed by atoms with E-state index in [1.807, 2.05) is 24.3 Å². The lowest BCUT2D eigenvalue weighted by Gasteiger charge is -2.18. The van der Waals surface area contributed by atoms with Crippen LogP contribution < -0.4 is 10.6 Å². The molecule has 0 amide bonds. The van der Waals surface area contributed by atoms with E-state index in [1.54, 1.807) is 0 Å². The Balaban J connectivity index is 1.86. The molecular formula is C20H28N4. The Morgan fingerprint density at radius 1 is 0.958 bits per heavy atom. The zero-order valence-electron chi connectivity index (χ0n) is 14.8. The summed E-state index contributed by atoms with van der Waals surface area (Å²) in [6.07, 6.45) is 7.73. The Labute approximate surface area is 145 Å². The molecule has 1 aromatic carbocycles. The highest BCUT2D eigenvalue weighted by atomic mass is 15.2. The molecule has 1 heterocycles. The standard InChI is InChI=1S/C20H28N4/c1-15(2)21-19-14-18(16-10-6-5-7-11-16)23-20(24-19)22-17-12-8-3-4-9-13-17/h5-7,10-11,14-15,17H,3-4,8-9,12-13H2,1-2H3,(H2,21,22,23,24). The van der Waals surface area contributed by atoms with Gasteiger partial charge in [0.05, 0.1) is 5.69 Å². The molecule has 1 saturated carbocycles. The molecule has 4 heteroatoms. The van der Waals surface area contributed by atoms with Gasteiger partial charge in [0, 0.05) is 23.7 Å². The van der Waals surface area contributed by atoms with E-state index in [0.717, 1.165) is 23.0 Å². The molecule has 0 spiro atoms. The van der Waals surface area contributed by atoms with Gasteiger partial charge in [-0.25, -0.2) is 4.98 Å². The van der Waals surface area contributed by atoms with Crippen molar-refractivity contribution in [2.45, 2.75) is 64.5 Å². The molecular weight excluding hydrogens is 296 g/mol. The molecule has 128 valence electrons. The third-order valence-electron chi connectivity index (χ3n) is 4.42. The Kier molecular flexibility index (Phi) is 5.68. The van der Waals surface area contributed by atoms with Gasteiger partial charge in [0.25, 0.3) is 0 Å². The lowest BCUT2D eigenvalue weighted by atomic mass is 10.1. The van der Waals surface area contributed by atoms with Crippen LogP contribution in [0.3, 0.4) is 0 Å². The molecule has 0 atom stereocenters. The van der Waals surface area contributed by atoms with Crippen LogP contribution in [0.5, 0.6) is 0 Å². The summed E-state index contributed by atoms with van der Waals surface area (Å²) >= 11 is 0. The van der Waals surface area contributed by atoms with Gasteiger partial charge in [-0.2, -0.15) is 4.98 Å². The summed E-state index contributed by atoms with van der Waals surface area (Å²) in [5, 5.41) is 7.00. The van der Waals surface area contributed by atoms with Crippen LogP contribution >= 0.6 is 0 Å². The maximum absolute atomic E-state index is 4.77. The molecule has 4 nitrogen and oxygen atoms in total. The van der Waals surface area contributed by atoms with Gasteiger partial charge < -0.3 is 10.6 Å². The number of nitrogens with one attached hydrogen (secondary N) is 2. The fourth-order valence-corrected chi connectivity index (χ4v) is 3.24. The fraction of sp³-hybridized carbons (Fsp3) is 0.500. The minimum absolute atomic E-state index is 0.342. The predicted octanol–water partition coefficient (Wildman–Crippen LogP) is 5.10. The van der Waals surface area contributed by atoms with Gasteiger partial charge in [0.15, 0.2) is 0 Å². The smallest absolute Gasteiger partial charge is 0.225 e. The van der Waals surface area contributed by atoms with Crippen LogP contribution in [0.1, 0.15) is 52.4 Å². The monoisotopic (exact) mass is 324 g/mol. The first-order valence-electron chi connectivity index (χ1n) is 9.18. The van der Waals surface area contributed by atoms with Gasteiger partial charge in [-0.1, -0.05) is 56.0 Å². The van der Waals surface area contributed by atoms with Crippen LogP contribution in [-0.2, 0) is 0 Å². The second-order valence-electron chi connectivity index (χ2n) is 6.96. The Hall–Kier alpha value is -2.10. The molecule has 2 N–H and O–H groups in total. The van der Waals surface area contributed by atoms with Crippen molar-refractivity contribution in [2.75, 3.05) is 10.6 Å². The number of aromatic nitrogens is 2. The molecule has 3 rings (SSSR count). The molecule has 2 aromatic rings. The van der Waals surface area contributed by atoms with Crippen LogP contribution in [0.4, 0.5) is 11.8 Å². The quantitative estimate of drug-likeness (QED) is 0.751. The van der Waals surface area contributed by atoms with E-state index in [0.29, 0.717) is 12.1 Å². The second kappa shape index (κ2) is 8.13. The third-order valence-corrected chi connectivity index (χ3v) is 4.42. The van der Waals surface area contributed by atoms with E-state index in [2.05, 4.69) is 36.6 Å². The molecule has 1 aliphatic carbocycles. The zero-order valence-corrected chi connectivity index (χ0v) is 14.8. The minimum Gasteiger partial charge on any atom is -0.368 e. The average Bonchev–Trinajstić information content (AvgIpc) is 2.83. The van der Waals surface area contributed by atoms with E-state index in [9.17, 15) is 0 Å². The number of rotatable bonds is 5. The third kappa shape index (κ3) is 4.70. The maximum atomic E-state index is 4.77. The Morgan fingerprint density at radius 3 is 2.33 bits per heavy atom. The van der Waals surface area contributed by atoms with Crippen molar-refractivity contribution in [1.82, 2.24) is 9.97 Å². The van der Waals surface area contributed by atoms with Crippen LogP contribution in [0.25, 0.3) is 11.3 Å². The summed E-state index contributed by atoms with van der Waals surface area (Å²) in [5.41, 5.74) is 2.08. The number of benzene rings is 1. The molecule has 1 aliphatic rings. The molecule has 1 aromatic heterocycles. The summed E-state index contributed by atoms with van der Waals surface area (Å²) in [5.74, 6) is 1.63. The van der Waals surface area contributed by atoms with Crippen LogP contribution in [0.2, 0.25) is 0 Å². The van der Waals surface area contributed by atoms with Crippen molar-refractivity contribution in [3.05, 3.63) is 36.4 Å². The van der Waals surface area contributed by atoms with Crippen molar-refractivity contribution >= 4 is 11.8 Å². The summed E-state index contributed by atoms with van der Waals surface area (Å²) < 4.78 is 0. The second-order valence-corrected chi connectivity index (χ2v) is 6.96. The SMILES string of the molecule is CC(C)Nc1cc(-c2ccccc2)nc(NC2CCCCCC2)n1. The fourth-order valence-electron chi connectivity index (χ4n) is 3.24. The normalized spacial score (nSPS) is 16.0. The first-order chi connectivity index (χ1) is 11.7. The maximum Gasteiger partial charge on any atom is 0.225 e. The number of hydrogen-bond acceptors (Lipinski definition) is 4. The largest absolute Gasteiger partial charge is 0.368 e. The van der Waals surface area contributed by atoms with Gasteiger partial charge >= 0.3 is 0 Å². The highest BCUT2D eigenvalue weighted by Crippen LogP contribution is 2.24. The van der Waals surface area contributed by atoms with Gasteiger partial charge in [-0.3, -0.25) is 0 Å². The van der Waals surface area contributed by atoms with Gasteiger partial charge in [0.1, 0.15) is 5.82 Å². The van der Waals surface area contributed by atoms with Crippen molar-refractivity contribution in [3.63, 3.8) is 0 Å². The topological polar surface area (TPSA) is 49.8 Å². The van der Waals surface area contributed by atoms with Crippen molar-refractivity contribution in [3.8, 4) is 11.3 Å². The Bertz CT molecular complexity index is 631. The molecule has 0 saturated heterocycles. The first-order valence-corrected chi connectivity index (χ1v) is 9.18. The minimum atomic E-state index is 0.342. The molecule has 0 aliphatic heterocycles. The van der Waals surface area contributed by atoms with Crippen molar-refractivity contribution in [2.24, 2.45) is 0 Å². The van der Waals surface area contributed by atoms with E-state index in [4.69, 9.17) is 9.97 Å². The highest BCUT2D eigenvalue weighted by molar-refractivity contribution is 5.64. The molecule has 24 heavy (non-hydrogen) atoms. The highest BCUT2D eigenvalue weighted by Gasteiger charge is 2.15. The first kappa shape index (κ1) is 16.7. The molecule has 0 bridgehead atoms. The average molecular weight is 324 g/mol. The summed E-state index contributed by atoms with van der Waals surface area (Å²) in [7, 11) is 0. The number of hydrogen-bond donors (Lipinski definition) is 2. The van der Waals surface area contributed by atoms with Gasteiger partial charge in [0.2, 0.25) is 5.95 Å². The lowest BCUT2D eigenvalue weighted by Crippen LogP contribution is -2.21. The van der Waals surface area contributed by atoms with Crippen LogP contribution in [0, 0.1) is 0 Å². The van der Waals surface area contributed by atoms with E-state index in [-0.39, 0.29) is 0 Å². The molecule has 0 radical (unpaired) electrons. The van der Waals surface area contributed by atoms with E-state index in [1.165, 1.54) is 38.5 Å². The number of anilines is 2. The van der Waals surface area contributed by atoms with Gasteiger partial charge in [-0.05, 0) is 26.7 Å². The summed E-state index contributed by atoms with van der Waals surface area (Å²) in [6, 6.07) is 13.2. The molecule has 1 fully saturated rings. The Morgan fingerprint density at radius 2 is 1.67 bits per heavy atom. The number of nitrogens with zero attached hydrogens (tertiary/aromatic N) is 2. The zero-order chi connectivity index (χ0) is 16.8. The summed E-state index contributed by atoms with van der Waals surface area (Å²) in [6.45, 7) is 4.26. The van der Waals surface area contributed by atoms with Crippen molar-refractivity contribution < 1.29 is 0 Å². The van der Waals surface area contributed by atoms with Crippen molar-refractivity contribution in [1.29, 1.82) is 0 Å². The predicted molar refractivity (Wildman–Crippen MR) is 101 cm³/mol. The van der Waals surface area contributed by atoms with Crippen LogP contribution in [-0.4, -0.2) is 22.1 Å². The summed E-state index contributed by atoms with van der Waals surface area (Å²) in [4.78, 5) is 9.46. The van der Waals surface area contributed by atoms with Crippen LogP contribution in [0.15, 0.2) is 36.4 Å². The van der Waals surface area contributed by atoms with E-state index >= 15 is 0 Å².